The van der Waals surface area contributed by atoms with Crippen molar-refractivity contribution in [3.05, 3.63) is 34.3 Å². The van der Waals surface area contributed by atoms with Crippen molar-refractivity contribution in [2.75, 3.05) is 19.8 Å². The van der Waals surface area contributed by atoms with Gasteiger partial charge < -0.3 is 14.2 Å². The molecule has 1 aliphatic carbocycles. The van der Waals surface area contributed by atoms with Crippen LogP contribution in [0.25, 0.3) is 0 Å². The molecule has 0 heterocycles. The van der Waals surface area contributed by atoms with Crippen LogP contribution < -0.4 is 0 Å². The van der Waals surface area contributed by atoms with Crippen LogP contribution in [0.3, 0.4) is 0 Å². The first-order valence-corrected chi connectivity index (χ1v) is 9.50. The number of benzene rings is 1. The Balaban J connectivity index is 2.68. The van der Waals surface area contributed by atoms with Crippen molar-refractivity contribution in [1.29, 1.82) is 0 Å². The molecule has 0 aromatic heterocycles. The van der Waals surface area contributed by atoms with Crippen molar-refractivity contribution >= 4 is 29.5 Å². The van der Waals surface area contributed by atoms with E-state index in [2.05, 4.69) is 0 Å². The van der Waals surface area contributed by atoms with Crippen molar-refractivity contribution in [3.8, 4) is 0 Å². The number of carbonyl (C=O) groups is 3. The van der Waals surface area contributed by atoms with Gasteiger partial charge in [-0.1, -0.05) is 24.6 Å². The molecule has 0 radical (unpaired) electrons. The molecule has 0 saturated carbocycles. The minimum atomic E-state index is -1.62. The Hall–Kier alpha value is -2.08. The van der Waals surface area contributed by atoms with E-state index in [4.69, 9.17) is 25.8 Å². The van der Waals surface area contributed by atoms with Crippen LogP contribution in [0.2, 0.25) is 5.02 Å². The van der Waals surface area contributed by atoms with Crippen LogP contribution in [0.5, 0.6) is 0 Å². The number of ether oxygens (including phenoxy) is 3. The fourth-order valence-corrected chi connectivity index (χ4v) is 3.89. The van der Waals surface area contributed by atoms with Gasteiger partial charge in [0, 0.05) is 10.9 Å². The molecule has 0 aliphatic heterocycles. The number of rotatable bonds is 6. The average molecular weight is 397 g/mol. The second-order valence-corrected chi connectivity index (χ2v) is 6.89. The third-order valence-corrected chi connectivity index (χ3v) is 5.24. The fraction of sp³-hybridized carbons (Fsp3) is 0.550. The lowest BCUT2D eigenvalue weighted by Gasteiger charge is -2.42. The molecule has 0 bridgehead atoms. The van der Waals surface area contributed by atoms with Crippen molar-refractivity contribution in [3.63, 3.8) is 0 Å². The van der Waals surface area contributed by atoms with E-state index in [0.29, 0.717) is 16.1 Å². The molecule has 0 amide bonds. The lowest BCUT2D eigenvalue weighted by atomic mass is 9.60. The van der Waals surface area contributed by atoms with Gasteiger partial charge in [0.15, 0.2) is 5.41 Å². The molecule has 6 nitrogen and oxygen atoms in total. The minimum Gasteiger partial charge on any atom is -0.466 e. The summed E-state index contributed by atoms with van der Waals surface area (Å²) in [6, 6.07) is 5.08. The number of hydrogen-bond acceptors (Lipinski definition) is 6. The topological polar surface area (TPSA) is 78.9 Å². The van der Waals surface area contributed by atoms with E-state index in [9.17, 15) is 14.4 Å². The van der Waals surface area contributed by atoms with E-state index >= 15 is 0 Å². The lowest BCUT2D eigenvalue weighted by molar-refractivity contribution is -0.179. The predicted molar refractivity (Wildman–Crippen MR) is 99.4 cm³/mol. The van der Waals surface area contributed by atoms with Crippen LogP contribution in [0.4, 0.5) is 0 Å². The Morgan fingerprint density at radius 1 is 1.04 bits per heavy atom. The molecule has 2 rings (SSSR count). The van der Waals surface area contributed by atoms with Crippen molar-refractivity contribution in [2.45, 2.75) is 40.0 Å². The second-order valence-electron chi connectivity index (χ2n) is 6.45. The summed E-state index contributed by atoms with van der Waals surface area (Å²) in [7, 11) is 0. The van der Waals surface area contributed by atoms with E-state index < -0.39 is 35.2 Å². The molecule has 0 spiro atoms. The number of halogens is 1. The molecular formula is C20H25ClO6. The summed E-state index contributed by atoms with van der Waals surface area (Å²) in [5.41, 5.74) is -0.279. The summed E-state index contributed by atoms with van der Waals surface area (Å²) in [5.74, 6) is -3.44. The molecule has 1 aromatic carbocycles. The summed E-state index contributed by atoms with van der Waals surface area (Å²) < 4.78 is 15.7. The number of fused-ring (bicyclic) bond motifs is 1. The monoisotopic (exact) mass is 396 g/mol. The molecule has 1 aromatic rings. The Labute approximate surface area is 164 Å². The van der Waals surface area contributed by atoms with Crippen molar-refractivity contribution in [1.82, 2.24) is 0 Å². The molecule has 0 N–H and O–H groups in total. The molecule has 148 valence electrons. The van der Waals surface area contributed by atoms with Gasteiger partial charge in [0.1, 0.15) is 0 Å². The maximum absolute atomic E-state index is 12.9. The largest absolute Gasteiger partial charge is 0.466 e. The molecule has 0 saturated heterocycles. The molecular weight excluding hydrogens is 372 g/mol. The highest BCUT2D eigenvalue weighted by Crippen LogP contribution is 2.49. The molecule has 0 unspecified atom stereocenters. The lowest BCUT2D eigenvalue weighted by Crippen LogP contribution is -2.54. The van der Waals surface area contributed by atoms with Gasteiger partial charge in [0.05, 0.1) is 25.7 Å². The summed E-state index contributed by atoms with van der Waals surface area (Å²) in [6.07, 6.45) is 0.0776. The SMILES string of the molecule is CCOC(=O)[C@H]1c2cc(Cl)ccc2CC(C(=O)OCC)(C(=O)OCC)[C@H]1C. The number of esters is 3. The number of carbonyl (C=O) groups excluding carboxylic acids is 3. The van der Waals surface area contributed by atoms with Crippen LogP contribution in [0.15, 0.2) is 18.2 Å². The van der Waals surface area contributed by atoms with Gasteiger partial charge in [-0.2, -0.15) is 0 Å². The Morgan fingerprint density at radius 3 is 2.11 bits per heavy atom. The van der Waals surface area contributed by atoms with Crippen LogP contribution in [-0.4, -0.2) is 37.7 Å². The van der Waals surface area contributed by atoms with Gasteiger partial charge in [-0.25, -0.2) is 0 Å². The Kier molecular flexibility index (Phi) is 6.87. The maximum atomic E-state index is 12.9. The molecule has 7 heteroatoms. The van der Waals surface area contributed by atoms with Crippen LogP contribution in [0, 0.1) is 11.3 Å². The van der Waals surface area contributed by atoms with Crippen LogP contribution in [-0.2, 0) is 35.0 Å². The van der Waals surface area contributed by atoms with E-state index in [-0.39, 0.29) is 26.2 Å². The van der Waals surface area contributed by atoms with Gasteiger partial charge in [0.2, 0.25) is 0 Å². The van der Waals surface area contributed by atoms with E-state index in [0.717, 1.165) is 0 Å². The number of hydrogen-bond donors (Lipinski definition) is 0. The molecule has 0 fully saturated rings. The predicted octanol–water partition coefficient (Wildman–Crippen LogP) is 3.29. The highest BCUT2D eigenvalue weighted by atomic mass is 35.5. The smallest absolute Gasteiger partial charge is 0.324 e. The summed E-state index contributed by atoms with van der Waals surface area (Å²) >= 11 is 6.13. The van der Waals surface area contributed by atoms with Gasteiger partial charge in [-0.15, -0.1) is 0 Å². The zero-order valence-electron chi connectivity index (χ0n) is 16.0. The first-order chi connectivity index (χ1) is 12.8. The van der Waals surface area contributed by atoms with Gasteiger partial charge in [-0.3, -0.25) is 14.4 Å². The van der Waals surface area contributed by atoms with E-state index in [1.165, 1.54) is 0 Å². The van der Waals surface area contributed by atoms with Crippen molar-refractivity contribution in [2.24, 2.45) is 11.3 Å². The Bertz CT molecular complexity index is 711. The van der Waals surface area contributed by atoms with Crippen LogP contribution >= 0.6 is 11.6 Å². The van der Waals surface area contributed by atoms with Gasteiger partial charge in [0.25, 0.3) is 0 Å². The summed E-state index contributed by atoms with van der Waals surface area (Å²) in [4.78, 5) is 38.7. The van der Waals surface area contributed by atoms with Gasteiger partial charge in [-0.05, 0) is 50.5 Å². The van der Waals surface area contributed by atoms with E-state index in [1.807, 2.05) is 0 Å². The first kappa shape index (κ1) is 21.2. The van der Waals surface area contributed by atoms with Crippen molar-refractivity contribution < 1.29 is 28.6 Å². The minimum absolute atomic E-state index is 0.0776. The highest BCUT2D eigenvalue weighted by molar-refractivity contribution is 6.30. The fourth-order valence-electron chi connectivity index (χ4n) is 3.71. The maximum Gasteiger partial charge on any atom is 0.324 e. The zero-order valence-corrected chi connectivity index (χ0v) is 16.8. The van der Waals surface area contributed by atoms with E-state index in [1.54, 1.807) is 45.9 Å². The summed E-state index contributed by atoms with van der Waals surface area (Å²) in [5, 5.41) is 0.468. The molecule has 2 atom stereocenters. The normalized spacial score (nSPS) is 20.3. The van der Waals surface area contributed by atoms with Gasteiger partial charge >= 0.3 is 17.9 Å². The second kappa shape index (κ2) is 8.74. The average Bonchev–Trinajstić information content (AvgIpc) is 2.61. The third-order valence-electron chi connectivity index (χ3n) is 5.01. The zero-order chi connectivity index (χ0) is 20.2. The molecule has 27 heavy (non-hydrogen) atoms. The molecule has 1 aliphatic rings. The Morgan fingerprint density at radius 2 is 1.59 bits per heavy atom. The summed E-state index contributed by atoms with van der Waals surface area (Å²) in [6.45, 7) is 7.13. The van der Waals surface area contributed by atoms with Crippen LogP contribution in [0.1, 0.15) is 44.7 Å². The standard InChI is InChI=1S/C20H25ClO6/c1-5-25-17(22)16-12(4)20(18(23)26-6-2,19(24)27-7-3)11-13-8-9-14(21)10-15(13)16/h8-10,12,16H,5-7,11H2,1-4H3/t12-,16+/m0/s1. The highest BCUT2D eigenvalue weighted by Gasteiger charge is 2.60. The quantitative estimate of drug-likeness (QED) is 0.417. The third kappa shape index (κ3) is 3.81. The first-order valence-electron chi connectivity index (χ1n) is 9.12.